The van der Waals surface area contributed by atoms with Gasteiger partial charge in [-0.25, -0.2) is 0 Å². The average molecular weight is 679 g/mol. The van der Waals surface area contributed by atoms with Crippen LogP contribution in [0, 0.1) is 0 Å². The van der Waals surface area contributed by atoms with Crippen LogP contribution in [0.5, 0.6) is 0 Å². The third-order valence-electron chi connectivity index (χ3n) is 6.46. The van der Waals surface area contributed by atoms with Crippen molar-refractivity contribution in [1.29, 1.82) is 0 Å². The van der Waals surface area contributed by atoms with Crippen molar-refractivity contribution in [2.45, 2.75) is 24.9 Å². The van der Waals surface area contributed by atoms with Crippen LogP contribution in [-0.4, -0.2) is 215 Å². The van der Waals surface area contributed by atoms with E-state index in [0.717, 1.165) is 0 Å². The average Bonchev–Trinajstić information content (AvgIpc) is 2.90. The predicted octanol–water partition coefficient (Wildman–Crippen LogP) is -0.554. The summed E-state index contributed by atoms with van der Waals surface area (Å²) in [6.07, 6.45) is -0.829. The molecule has 0 spiro atoms. The standard InChI is InChI=1S/C27H36N3O11P.3Na/c31-24(32)17-29(22(26(35)36)15-20-7-3-1-4-8-20)13-11-28(19-42(39,40)41)12-14-30(18-25(33)34)23(27(37)38)16-21-9-5-2-6-10-21;;;/h1-10,22-23H,11-19H2,(H,31,32)(H,33,34)(H,35,36)(H,37,38)(H2,39,40,41);;;/t22-,23-;;;/m0.../s1. The minimum Gasteiger partial charge on any atom is -0.480 e. The normalized spacial score (nSPS) is 12.4. The van der Waals surface area contributed by atoms with Gasteiger partial charge < -0.3 is 30.2 Å². The molecule has 2 aromatic carbocycles. The Bertz CT molecular complexity index is 1160. The first kappa shape index (κ1) is 46.5. The summed E-state index contributed by atoms with van der Waals surface area (Å²) in [7, 11) is -4.67. The van der Waals surface area contributed by atoms with Crippen LogP contribution in [0.15, 0.2) is 60.7 Å². The van der Waals surface area contributed by atoms with Crippen LogP contribution in [0.2, 0.25) is 0 Å². The molecule has 2 aromatic rings. The minimum atomic E-state index is -4.67. The number of carboxylic acid groups (broad SMARTS) is 4. The fourth-order valence-electron chi connectivity index (χ4n) is 4.51. The quantitative estimate of drug-likeness (QED) is 0.0766. The van der Waals surface area contributed by atoms with E-state index >= 15 is 0 Å². The minimum absolute atomic E-state index is 0. The predicted molar refractivity (Wildman–Crippen MR) is 167 cm³/mol. The van der Waals surface area contributed by atoms with Gasteiger partial charge in [-0.3, -0.25) is 38.4 Å². The van der Waals surface area contributed by atoms with Crippen molar-refractivity contribution in [1.82, 2.24) is 14.7 Å². The maximum absolute atomic E-state index is 12.1. The zero-order chi connectivity index (χ0) is 31.3. The maximum Gasteiger partial charge on any atom is 0.339 e. The van der Waals surface area contributed by atoms with Gasteiger partial charge >= 0.3 is 31.5 Å². The molecule has 0 heterocycles. The number of hydrogen-bond donors (Lipinski definition) is 6. The Hall–Kier alpha value is -0.650. The molecule has 0 saturated carbocycles. The number of aliphatic carboxylic acids is 4. The molecule has 2 rings (SSSR count). The molecule has 0 unspecified atom stereocenters. The van der Waals surface area contributed by atoms with Gasteiger partial charge in [0.15, 0.2) is 0 Å². The number of hydrogen-bond acceptors (Lipinski definition) is 8. The third-order valence-corrected chi connectivity index (χ3v) is 7.23. The van der Waals surface area contributed by atoms with Crippen LogP contribution in [0.3, 0.4) is 0 Å². The molecule has 0 aliphatic heterocycles. The smallest absolute Gasteiger partial charge is 0.339 e. The first-order valence-corrected chi connectivity index (χ1v) is 14.8. The van der Waals surface area contributed by atoms with E-state index in [2.05, 4.69) is 0 Å². The van der Waals surface area contributed by atoms with Crippen molar-refractivity contribution in [3.8, 4) is 0 Å². The number of carboxylic acids is 4. The van der Waals surface area contributed by atoms with Crippen LogP contribution >= 0.6 is 7.60 Å². The van der Waals surface area contributed by atoms with Gasteiger partial charge in [0.1, 0.15) is 18.4 Å². The second-order valence-electron chi connectivity index (χ2n) is 9.74. The number of rotatable bonds is 20. The number of carbonyl (C=O) groups is 4. The van der Waals surface area contributed by atoms with Gasteiger partial charge in [-0.15, -0.1) is 0 Å². The molecule has 18 heteroatoms. The molecule has 0 aliphatic rings. The Kier molecular flexibility index (Phi) is 24.4. The molecular formula is C27H36N3Na3O11P. The summed E-state index contributed by atoms with van der Waals surface area (Å²) in [6.45, 7) is -2.10. The summed E-state index contributed by atoms with van der Waals surface area (Å²) in [5.41, 5.74) is 1.30. The van der Waals surface area contributed by atoms with Crippen molar-refractivity contribution in [2.24, 2.45) is 0 Å². The summed E-state index contributed by atoms with van der Waals surface area (Å²) in [4.78, 5) is 70.3. The summed E-state index contributed by atoms with van der Waals surface area (Å²) in [5.74, 6) is -5.15. The molecule has 0 fully saturated rings. The van der Waals surface area contributed by atoms with Crippen molar-refractivity contribution in [3.05, 3.63) is 71.8 Å². The van der Waals surface area contributed by atoms with E-state index in [4.69, 9.17) is 0 Å². The molecule has 2 atom stereocenters. The Morgan fingerprint density at radius 1 is 0.600 bits per heavy atom. The van der Waals surface area contributed by atoms with Crippen LogP contribution in [-0.2, 0) is 36.6 Å². The number of nitrogens with zero attached hydrogens (tertiary/aromatic N) is 3. The molecule has 3 radical (unpaired) electrons. The van der Waals surface area contributed by atoms with Gasteiger partial charge in [-0.2, -0.15) is 0 Å². The molecular weight excluding hydrogens is 642 g/mol. The van der Waals surface area contributed by atoms with E-state index < -0.39 is 62.9 Å². The van der Waals surface area contributed by atoms with Gasteiger partial charge in [-0.1, -0.05) is 60.7 Å². The summed E-state index contributed by atoms with van der Waals surface area (Å²) in [5, 5.41) is 38.6. The van der Waals surface area contributed by atoms with E-state index in [0.29, 0.717) is 11.1 Å². The van der Waals surface area contributed by atoms with Gasteiger partial charge in [0.2, 0.25) is 0 Å². The van der Waals surface area contributed by atoms with Crippen LogP contribution in [0.4, 0.5) is 0 Å². The van der Waals surface area contributed by atoms with Crippen molar-refractivity contribution < 1.29 is 54.0 Å². The topological polar surface area (TPSA) is 216 Å². The van der Waals surface area contributed by atoms with Gasteiger partial charge in [0.05, 0.1) is 13.1 Å². The van der Waals surface area contributed by atoms with E-state index in [-0.39, 0.29) is 128 Å². The largest absolute Gasteiger partial charge is 0.480 e. The van der Waals surface area contributed by atoms with Crippen molar-refractivity contribution >= 4 is 120 Å². The third kappa shape index (κ3) is 19.1. The molecule has 233 valence electrons. The molecule has 45 heavy (non-hydrogen) atoms. The maximum atomic E-state index is 12.1. The second-order valence-corrected chi connectivity index (χ2v) is 11.4. The zero-order valence-corrected chi connectivity index (χ0v) is 32.7. The molecule has 0 amide bonds. The number of benzene rings is 2. The molecule has 14 nitrogen and oxygen atoms in total. The monoisotopic (exact) mass is 678 g/mol. The molecule has 0 bridgehead atoms. The van der Waals surface area contributed by atoms with Gasteiger partial charge in [0.25, 0.3) is 0 Å². The first-order chi connectivity index (χ1) is 19.7. The molecule has 0 saturated heterocycles. The van der Waals surface area contributed by atoms with Crippen LogP contribution < -0.4 is 0 Å². The van der Waals surface area contributed by atoms with Gasteiger partial charge in [-0.05, 0) is 24.0 Å². The molecule has 0 aromatic heterocycles. The van der Waals surface area contributed by atoms with E-state index in [1.54, 1.807) is 60.7 Å². The Morgan fingerprint density at radius 3 is 1.20 bits per heavy atom. The fourth-order valence-corrected chi connectivity index (χ4v) is 5.31. The zero-order valence-electron chi connectivity index (χ0n) is 25.8. The summed E-state index contributed by atoms with van der Waals surface area (Å²) < 4.78 is 11.9. The Labute approximate surface area is 327 Å². The SMILES string of the molecule is O=C(O)CN(CCN(CCN(CC(=O)O)[C@@H](Cc1ccccc1)C(=O)O)CP(=O)(O)O)[C@@H](Cc1ccccc1)C(=O)O.[Na].[Na].[Na]. The van der Waals surface area contributed by atoms with E-state index in [1.165, 1.54) is 14.7 Å². The van der Waals surface area contributed by atoms with Crippen LogP contribution in [0.25, 0.3) is 0 Å². The Morgan fingerprint density at radius 2 is 0.933 bits per heavy atom. The Balaban J connectivity index is 0. The van der Waals surface area contributed by atoms with E-state index in [1.807, 2.05) is 0 Å². The fraction of sp³-hybridized carbons (Fsp3) is 0.407. The molecule has 0 aliphatic carbocycles. The summed E-state index contributed by atoms with van der Waals surface area (Å²) >= 11 is 0. The first-order valence-electron chi connectivity index (χ1n) is 13.0. The van der Waals surface area contributed by atoms with Crippen LogP contribution in [0.1, 0.15) is 11.1 Å². The molecule has 6 N–H and O–H groups in total. The van der Waals surface area contributed by atoms with Crippen molar-refractivity contribution in [3.63, 3.8) is 0 Å². The summed E-state index contributed by atoms with van der Waals surface area (Å²) in [6, 6.07) is 14.6. The van der Waals surface area contributed by atoms with E-state index in [9.17, 15) is 54.0 Å². The second kappa shape index (κ2) is 23.6. The van der Waals surface area contributed by atoms with Crippen molar-refractivity contribution in [2.75, 3.05) is 45.6 Å². The van der Waals surface area contributed by atoms with Gasteiger partial charge in [0, 0.05) is 115 Å².